The molecule has 0 aliphatic heterocycles. The zero-order chi connectivity index (χ0) is 18.6. The number of hydrogen-bond acceptors (Lipinski definition) is 3. The first-order chi connectivity index (χ1) is 11.8. The summed E-state index contributed by atoms with van der Waals surface area (Å²) in [5, 5.41) is 9.07. The van der Waals surface area contributed by atoms with Crippen molar-refractivity contribution in [1.29, 1.82) is 0 Å². The van der Waals surface area contributed by atoms with Gasteiger partial charge in [0.2, 0.25) is 0 Å². The second-order valence-corrected chi connectivity index (χ2v) is 5.76. The first-order valence-electron chi connectivity index (χ1n) is 7.67. The van der Waals surface area contributed by atoms with Crippen molar-refractivity contribution in [3.8, 4) is 11.1 Å². The lowest BCUT2D eigenvalue weighted by atomic mass is 9.93. The van der Waals surface area contributed by atoms with E-state index in [1.54, 1.807) is 56.6 Å². The highest BCUT2D eigenvalue weighted by atomic mass is 16.4. The van der Waals surface area contributed by atoms with Crippen LogP contribution in [0.5, 0.6) is 0 Å². The number of rotatable bonds is 6. The Morgan fingerprint density at radius 1 is 1.08 bits per heavy atom. The molecule has 0 heterocycles. The van der Waals surface area contributed by atoms with Crippen molar-refractivity contribution in [2.45, 2.75) is 6.42 Å². The van der Waals surface area contributed by atoms with Crippen molar-refractivity contribution in [2.24, 2.45) is 0 Å². The fourth-order valence-corrected chi connectivity index (χ4v) is 2.56. The van der Waals surface area contributed by atoms with E-state index in [2.05, 4.69) is 6.58 Å². The molecule has 0 fully saturated rings. The van der Waals surface area contributed by atoms with E-state index in [1.165, 1.54) is 11.0 Å². The number of aliphatic carboxylic acids is 1. The third-order valence-corrected chi connectivity index (χ3v) is 3.78. The van der Waals surface area contributed by atoms with Gasteiger partial charge >= 0.3 is 5.97 Å². The molecular formula is C20H19NO4. The summed E-state index contributed by atoms with van der Waals surface area (Å²) in [6, 6.07) is 12.0. The Morgan fingerprint density at radius 3 is 2.36 bits per heavy atom. The van der Waals surface area contributed by atoms with E-state index >= 15 is 0 Å². The van der Waals surface area contributed by atoms with Crippen molar-refractivity contribution >= 4 is 17.7 Å². The fourth-order valence-electron chi connectivity index (χ4n) is 2.56. The van der Waals surface area contributed by atoms with Crippen LogP contribution in [0.3, 0.4) is 0 Å². The highest BCUT2D eigenvalue weighted by Gasteiger charge is 2.18. The third kappa shape index (κ3) is 4.01. The quantitative estimate of drug-likeness (QED) is 0.649. The third-order valence-electron chi connectivity index (χ3n) is 3.78. The first kappa shape index (κ1) is 18.1. The molecule has 1 amide bonds. The van der Waals surface area contributed by atoms with Gasteiger partial charge in [0.1, 0.15) is 0 Å². The molecular weight excluding hydrogens is 318 g/mol. The minimum atomic E-state index is -1.01. The highest BCUT2D eigenvalue weighted by molar-refractivity contribution is 6.09. The molecule has 5 nitrogen and oxygen atoms in total. The monoisotopic (exact) mass is 337 g/mol. The molecule has 1 N–H and O–H groups in total. The Hall–Kier alpha value is -3.21. The normalized spacial score (nSPS) is 10.2. The number of nitrogens with zero attached hydrogens (tertiary/aromatic N) is 1. The SMILES string of the molecule is C=CC(=O)c1ccccc1-c1ccc(CC(=O)O)c(C(=O)N(C)C)c1. The average Bonchev–Trinajstić information content (AvgIpc) is 2.60. The van der Waals surface area contributed by atoms with Gasteiger partial charge in [-0.3, -0.25) is 14.4 Å². The minimum Gasteiger partial charge on any atom is -0.481 e. The number of carboxylic acid groups (broad SMARTS) is 1. The van der Waals surface area contributed by atoms with Crippen LogP contribution < -0.4 is 0 Å². The summed E-state index contributed by atoms with van der Waals surface area (Å²) < 4.78 is 0. The van der Waals surface area contributed by atoms with Crippen molar-refractivity contribution in [1.82, 2.24) is 4.90 Å². The van der Waals surface area contributed by atoms with Gasteiger partial charge in [-0.1, -0.05) is 43.0 Å². The van der Waals surface area contributed by atoms with Crippen LogP contribution in [-0.2, 0) is 11.2 Å². The lowest BCUT2D eigenvalue weighted by Crippen LogP contribution is -2.23. The lowest BCUT2D eigenvalue weighted by molar-refractivity contribution is -0.136. The van der Waals surface area contributed by atoms with Crippen LogP contribution in [0.25, 0.3) is 11.1 Å². The molecule has 0 aromatic heterocycles. The summed E-state index contributed by atoms with van der Waals surface area (Å²) in [6.07, 6.45) is 0.992. The summed E-state index contributed by atoms with van der Waals surface area (Å²) in [7, 11) is 3.21. The van der Waals surface area contributed by atoms with Crippen LogP contribution in [0.1, 0.15) is 26.3 Å². The summed E-state index contributed by atoms with van der Waals surface area (Å²) in [4.78, 5) is 37.0. The Balaban J connectivity index is 2.63. The average molecular weight is 337 g/mol. The molecule has 0 spiro atoms. The summed E-state index contributed by atoms with van der Waals surface area (Å²) >= 11 is 0. The molecule has 25 heavy (non-hydrogen) atoms. The van der Waals surface area contributed by atoms with Gasteiger partial charge in [0.15, 0.2) is 5.78 Å². The van der Waals surface area contributed by atoms with E-state index in [4.69, 9.17) is 5.11 Å². The molecule has 2 aromatic carbocycles. The Morgan fingerprint density at radius 2 is 1.76 bits per heavy atom. The maximum absolute atomic E-state index is 12.5. The van der Waals surface area contributed by atoms with E-state index in [1.807, 2.05) is 0 Å². The van der Waals surface area contributed by atoms with Crippen LogP contribution in [0.2, 0.25) is 0 Å². The van der Waals surface area contributed by atoms with Crippen molar-refractivity contribution in [2.75, 3.05) is 14.1 Å². The van der Waals surface area contributed by atoms with E-state index in [0.717, 1.165) is 0 Å². The van der Waals surface area contributed by atoms with Crippen molar-refractivity contribution in [3.63, 3.8) is 0 Å². The fraction of sp³-hybridized carbons (Fsp3) is 0.150. The van der Waals surface area contributed by atoms with Gasteiger partial charge in [0, 0.05) is 25.2 Å². The number of hydrogen-bond donors (Lipinski definition) is 1. The number of amides is 1. The maximum Gasteiger partial charge on any atom is 0.307 e. The largest absolute Gasteiger partial charge is 0.481 e. The number of carbonyl (C=O) groups excluding carboxylic acids is 2. The number of carbonyl (C=O) groups is 3. The van der Waals surface area contributed by atoms with Crippen molar-refractivity contribution < 1.29 is 19.5 Å². The van der Waals surface area contributed by atoms with Gasteiger partial charge in [0.05, 0.1) is 6.42 Å². The number of ketones is 1. The van der Waals surface area contributed by atoms with Gasteiger partial charge in [-0.05, 0) is 28.8 Å². The van der Waals surface area contributed by atoms with Gasteiger partial charge in [0.25, 0.3) is 5.91 Å². The lowest BCUT2D eigenvalue weighted by Gasteiger charge is -2.16. The number of benzene rings is 2. The van der Waals surface area contributed by atoms with Crippen LogP contribution >= 0.6 is 0 Å². The molecule has 0 aliphatic rings. The maximum atomic E-state index is 12.5. The van der Waals surface area contributed by atoms with E-state index in [9.17, 15) is 14.4 Å². The second-order valence-electron chi connectivity index (χ2n) is 5.76. The van der Waals surface area contributed by atoms with Gasteiger partial charge in [-0.2, -0.15) is 0 Å². The Kier molecular flexibility index (Phi) is 5.49. The van der Waals surface area contributed by atoms with E-state index in [-0.39, 0.29) is 18.1 Å². The van der Waals surface area contributed by atoms with E-state index < -0.39 is 5.97 Å². The molecule has 0 aliphatic carbocycles. The summed E-state index contributed by atoms with van der Waals surface area (Å²) in [5.41, 5.74) is 2.56. The predicted octanol–water partition coefficient (Wildman–Crippen LogP) is 3.05. The molecule has 5 heteroatoms. The predicted molar refractivity (Wildman–Crippen MR) is 95.8 cm³/mol. The topological polar surface area (TPSA) is 74.7 Å². The van der Waals surface area contributed by atoms with Crippen LogP contribution in [-0.4, -0.2) is 41.8 Å². The molecule has 0 unspecified atom stereocenters. The zero-order valence-electron chi connectivity index (χ0n) is 14.2. The molecule has 0 bridgehead atoms. The Bertz CT molecular complexity index is 853. The summed E-state index contributed by atoms with van der Waals surface area (Å²) in [6.45, 7) is 3.51. The van der Waals surface area contributed by atoms with E-state index in [0.29, 0.717) is 27.8 Å². The number of carboxylic acids is 1. The standard InChI is InChI=1S/C20H19NO4/c1-4-18(22)16-8-6-5-7-15(16)13-9-10-14(12-19(23)24)17(11-13)20(25)21(2)3/h4-11H,1,12H2,2-3H3,(H,23,24). The molecule has 0 saturated heterocycles. The molecule has 2 aromatic rings. The van der Waals surface area contributed by atoms with Crippen LogP contribution in [0.4, 0.5) is 0 Å². The molecule has 0 atom stereocenters. The van der Waals surface area contributed by atoms with Crippen molar-refractivity contribution in [3.05, 3.63) is 71.8 Å². The minimum absolute atomic E-state index is 0.217. The Labute approximate surface area is 146 Å². The molecule has 128 valence electrons. The van der Waals surface area contributed by atoms with Gasteiger partial charge in [-0.15, -0.1) is 0 Å². The first-order valence-corrected chi connectivity index (χ1v) is 7.67. The van der Waals surface area contributed by atoms with Crippen LogP contribution in [0.15, 0.2) is 55.1 Å². The molecule has 0 saturated carbocycles. The number of allylic oxidation sites excluding steroid dienone is 1. The van der Waals surface area contributed by atoms with Crippen LogP contribution in [0, 0.1) is 0 Å². The highest BCUT2D eigenvalue weighted by Crippen LogP contribution is 2.27. The zero-order valence-corrected chi connectivity index (χ0v) is 14.2. The van der Waals surface area contributed by atoms with Gasteiger partial charge in [-0.25, -0.2) is 0 Å². The van der Waals surface area contributed by atoms with Gasteiger partial charge < -0.3 is 10.0 Å². The second kappa shape index (κ2) is 7.57. The smallest absolute Gasteiger partial charge is 0.307 e. The molecule has 2 rings (SSSR count). The molecule has 0 radical (unpaired) electrons. The summed E-state index contributed by atoms with van der Waals surface area (Å²) in [5.74, 6) is -1.51.